The number of nitro groups is 1. The highest BCUT2D eigenvalue weighted by atomic mass is 16.6. The second-order valence-electron chi connectivity index (χ2n) is 6.17. The Hall–Kier alpha value is -1.42. The monoisotopic (exact) mass is 290 g/mol. The molecule has 1 aromatic carbocycles. The molecule has 1 N–H and O–H groups in total. The molecule has 21 heavy (non-hydrogen) atoms. The number of hydrogen-bond donors (Lipinski definition) is 1. The third-order valence-electron chi connectivity index (χ3n) is 5.01. The number of nitrogens with one attached hydrogen (secondary N) is 1. The van der Waals surface area contributed by atoms with Crippen LogP contribution < -0.4 is 5.32 Å². The van der Waals surface area contributed by atoms with Gasteiger partial charge >= 0.3 is 0 Å². The molecule has 0 saturated heterocycles. The highest BCUT2D eigenvalue weighted by Gasteiger charge is 2.28. The van der Waals surface area contributed by atoms with Crippen molar-refractivity contribution in [3.63, 3.8) is 0 Å². The average molecular weight is 290 g/mol. The fraction of sp³-hybridized carbons (Fsp3) is 0.647. The van der Waals surface area contributed by atoms with Crippen LogP contribution in [0.15, 0.2) is 24.3 Å². The number of aryl methyl sites for hydroxylation is 1. The second-order valence-corrected chi connectivity index (χ2v) is 6.17. The van der Waals surface area contributed by atoms with E-state index in [1.54, 1.807) is 12.1 Å². The number of hydrogen-bond acceptors (Lipinski definition) is 3. The molecular formula is C17H26N2O2. The number of benzene rings is 1. The maximum Gasteiger partial charge on any atom is 0.272 e. The molecule has 0 bridgehead atoms. The third kappa shape index (κ3) is 4.03. The fourth-order valence-electron chi connectivity index (χ4n) is 3.67. The lowest BCUT2D eigenvalue weighted by atomic mass is 9.74. The molecule has 0 aromatic heterocycles. The number of nitro benzene ring substituents is 1. The quantitative estimate of drug-likeness (QED) is 0.637. The van der Waals surface area contributed by atoms with E-state index >= 15 is 0 Å². The summed E-state index contributed by atoms with van der Waals surface area (Å²) in [5.41, 5.74) is 1.14. The van der Waals surface area contributed by atoms with E-state index in [0.29, 0.717) is 12.0 Å². The van der Waals surface area contributed by atoms with Gasteiger partial charge in [-0.3, -0.25) is 10.1 Å². The molecule has 1 fully saturated rings. The minimum Gasteiger partial charge on any atom is -0.317 e. The Morgan fingerprint density at radius 3 is 2.76 bits per heavy atom. The molecular weight excluding hydrogens is 264 g/mol. The van der Waals surface area contributed by atoms with Crippen LogP contribution in [0.4, 0.5) is 5.69 Å². The Bertz CT molecular complexity index is 476. The van der Waals surface area contributed by atoms with Crippen LogP contribution in [0.25, 0.3) is 0 Å². The van der Waals surface area contributed by atoms with Gasteiger partial charge < -0.3 is 5.32 Å². The van der Waals surface area contributed by atoms with Crippen molar-refractivity contribution in [2.75, 3.05) is 7.05 Å². The predicted molar refractivity (Wildman–Crippen MR) is 85.4 cm³/mol. The van der Waals surface area contributed by atoms with E-state index in [9.17, 15) is 10.1 Å². The van der Waals surface area contributed by atoms with Crippen LogP contribution in [0.5, 0.6) is 0 Å². The van der Waals surface area contributed by atoms with Crippen molar-refractivity contribution in [3.8, 4) is 0 Å². The van der Waals surface area contributed by atoms with Crippen LogP contribution in [0.1, 0.15) is 44.6 Å². The molecule has 3 unspecified atom stereocenters. The maximum atomic E-state index is 11.1. The Kier molecular flexibility index (Phi) is 5.74. The SMILES string of the molecule is CCC1CCC(NC)C(CCc2ccccc2[N+](=O)[O-])C1. The lowest BCUT2D eigenvalue weighted by molar-refractivity contribution is -0.385. The third-order valence-corrected chi connectivity index (χ3v) is 5.01. The van der Waals surface area contributed by atoms with E-state index in [2.05, 4.69) is 12.2 Å². The smallest absolute Gasteiger partial charge is 0.272 e. The van der Waals surface area contributed by atoms with E-state index in [4.69, 9.17) is 0 Å². The van der Waals surface area contributed by atoms with Crippen molar-refractivity contribution in [1.82, 2.24) is 5.32 Å². The molecule has 2 rings (SSSR count). The van der Waals surface area contributed by atoms with E-state index in [0.717, 1.165) is 24.3 Å². The van der Waals surface area contributed by atoms with Crippen molar-refractivity contribution >= 4 is 5.69 Å². The van der Waals surface area contributed by atoms with Crippen LogP contribution in [0, 0.1) is 22.0 Å². The maximum absolute atomic E-state index is 11.1. The Labute approximate surface area is 127 Å². The number of para-hydroxylation sites is 1. The van der Waals surface area contributed by atoms with Crippen molar-refractivity contribution < 1.29 is 4.92 Å². The van der Waals surface area contributed by atoms with Gasteiger partial charge in [-0.25, -0.2) is 0 Å². The summed E-state index contributed by atoms with van der Waals surface area (Å²) < 4.78 is 0. The molecule has 116 valence electrons. The lowest BCUT2D eigenvalue weighted by Crippen LogP contribution is -2.38. The van der Waals surface area contributed by atoms with Gasteiger partial charge in [0.15, 0.2) is 0 Å². The van der Waals surface area contributed by atoms with Gasteiger partial charge in [-0.2, -0.15) is 0 Å². The molecule has 0 aliphatic heterocycles. The molecule has 1 aliphatic carbocycles. The molecule has 4 heteroatoms. The zero-order chi connectivity index (χ0) is 15.2. The van der Waals surface area contributed by atoms with Crippen LogP contribution in [0.2, 0.25) is 0 Å². The highest BCUT2D eigenvalue weighted by molar-refractivity contribution is 5.39. The van der Waals surface area contributed by atoms with Gasteiger partial charge in [-0.1, -0.05) is 31.5 Å². The van der Waals surface area contributed by atoms with E-state index in [1.807, 2.05) is 19.2 Å². The Balaban J connectivity index is 2.02. The first-order valence-electron chi connectivity index (χ1n) is 8.05. The molecule has 1 saturated carbocycles. The van der Waals surface area contributed by atoms with Crippen molar-refractivity contribution in [3.05, 3.63) is 39.9 Å². The molecule has 4 nitrogen and oxygen atoms in total. The van der Waals surface area contributed by atoms with Gasteiger partial charge in [0, 0.05) is 17.7 Å². The molecule has 0 spiro atoms. The van der Waals surface area contributed by atoms with Gasteiger partial charge in [0.25, 0.3) is 5.69 Å². The van der Waals surface area contributed by atoms with Gasteiger partial charge in [0.2, 0.25) is 0 Å². The minimum absolute atomic E-state index is 0.263. The molecule has 0 radical (unpaired) electrons. The van der Waals surface area contributed by atoms with Crippen LogP contribution in [-0.4, -0.2) is 18.0 Å². The van der Waals surface area contributed by atoms with E-state index < -0.39 is 0 Å². The number of rotatable bonds is 6. The summed E-state index contributed by atoms with van der Waals surface area (Å²) in [5.74, 6) is 1.46. The Morgan fingerprint density at radius 1 is 1.33 bits per heavy atom. The van der Waals surface area contributed by atoms with Crippen molar-refractivity contribution in [2.24, 2.45) is 11.8 Å². The molecule has 0 heterocycles. The molecule has 1 aromatic rings. The minimum atomic E-state index is -0.263. The summed E-state index contributed by atoms with van der Waals surface area (Å²) in [4.78, 5) is 10.8. The van der Waals surface area contributed by atoms with Gasteiger partial charge in [-0.15, -0.1) is 0 Å². The van der Waals surface area contributed by atoms with Gasteiger partial charge in [0.05, 0.1) is 4.92 Å². The first kappa shape index (κ1) is 16.0. The summed E-state index contributed by atoms with van der Waals surface area (Å²) in [5, 5.41) is 14.5. The van der Waals surface area contributed by atoms with Crippen molar-refractivity contribution in [2.45, 2.75) is 51.5 Å². The van der Waals surface area contributed by atoms with Crippen LogP contribution in [0.3, 0.4) is 0 Å². The highest BCUT2D eigenvalue weighted by Crippen LogP contribution is 2.34. The fourth-order valence-corrected chi connectivity index (χ4v) is 3.67. The molecule has 0 amide bonds. The van der Waals surface area contributed by atoms with Crippen LogP contribution in [-0.2, 0) is 6.42 Å². The normalized spacial score (nSPS) is 25.7. The topological polar surface area (TPSA) is 55.2 Å². The number of nitrogens with zero attached hydrogens (tertiary/aromatic N) is 1. The standard InChI is InChI=1S/C17H26N2O2/c1-3-13-8-11-16(18-2)15(12-13)10-9-14-6-4-5-7-17(14)19(20)21/h4-7,13,15-16,18H,3,8-12H2,1-2H3. The van der Waals surface area contributed by atoms with E-state index in [-0.39, 0.29) is 10.6 Å². The molecule has 3 atom stereocenters. The summed E-state index contributed by atoms with van der Waals surface area (Å²) in [7, 11) is 2.04. The first-order valence-corrected chi connectivity index (χ1v) is 8.05. The average Bonchev–Trinajstić information content (AvgIpc) is 2.52. The van der Waals surface area contributed by atoms with Gasteiger partial charge in [0.1, 0.15) is 0 Å². The summed E-state index contributed by atoms with van der Waals surface area (Å²) >= 11 is 0. The summed E-state index contributed by atoms with van der Waals surface area (Å²) in [6.45, 7) is 2.27. The second kappa shape index (κ2) is 7.55. The predicted octanol–water partition coefficient (Wildman–Crippen LogP) is 3.94. The first-order chi connectivity index (χ1) is 10.2. The Morgan fingerprint density at radius 2 is 2.10 bits per heavy atom. The zero-order valence-corrected chi connectivity index (χ0v) is 13.0. The molecule has 1 aliphatic rings. The summed E-state index contributed by atoms with van der Waals surface area (Å²) in [6, 6.07) is 7.71. The van der Waals surface area contributed by atoms with E-state index in [1.165, 1.54) is 25.7 Å². The van der Waals surface area contributed by atoms with Crippen molar-refractivity contribution in [1.29, 1.82) is 0 Å². The van der Waals surface area contributed by atoms with Gasteiger partial charge in [-0.05, 0) is 51.0 Å². The van der Waals surface area contributed by atoms with Crippen LogP contribution >= 0.6 is 0 Å². The summed E-state index contributed by atoms with van der Waals surface area (Å²) in [6.07, 6.45) is 6.88. The lowest BCUT2D eigenvalue weighted by Gasteiger charge is -2.36. The zero-order valence-electron chi connectivity index (χ0n) is 13.0. The largest absolute Gasteiger partial charge is 0.317 e.